The zero-order valence-electron chi connectivity index (χ0n) is 7.40. The Kier molecular flexibility index (Phi) is 3.52. The van der Waals surface area contributed by atoms with E-state index in [1.165, 1.54) is 25.3 Å². The molecule has 0 unspecified atom stereocenters. The molecule has 0 radical (unpaired) electrons. The Hall–Kier alpha value is -1.04. The molecule has 1 aromatic rings. The Bertz CT molecular complexity index is 353. The third-order valence-corrected chi connectivity index (χ3v) is 2.04. The summed E-state index contributed by atoms with van der Waals surface area (Å²) in [5.41, 5.74) is 0.301. The summed E-state index contributed by atoms with van der Waals surface area (Å²) in [7, 11) is -0.460. The van der Waals surface area contributed by atoms with Gasteiger partial charge in [0.05, 0.1) is 12.7 Å². The van der Waals surface area contributed by atoms with Crippen molar-refractivity contribution in [2.24, 2.45) is 0 Å². The summed E-state index contributed by atoms with van der Waals surface area (Å²) in [6.07, 6.45) is 0. The maximum absolute atomic E-state index is 11.1. The molecule has 1 aromatic carbocycles. The molecular formula is C8H8BClO4. The fourth-order valence-corrected chi connectivity index (χ4v) is 1.20. The van der Waals surface area contributed by atoms with Gasteiger partial charge in [-0.05, 0) is 18.2 Å². The topological polar surface area (TPSA) is 66.8 Å². The molecule has 0 spiro atoms. The van der Waals surface area contributed by atoms with Crippen molar-refractivity contribution in [1.82, 2.24) is 0 Å². The van der Waals surface area contributed by atoms with E-state index in [0.717, 1.165) is 0 Å². The molecule has 0 atom stereocenters. The Morgan fingerprint density at radius 3 is 2.64 bits per heavy atom. The third-order valence-electron chi connectivity index (χ3n) is 1.70. The minimum absolute atomic E-state index is 0.0783. The summed E-state index contributed by atoms with van der Waals surface area (Å²) in [5, 5.41) is 18.0. The normalized spacial score (nSPS) is 9.71. The Morgan fingerprint density at radius 1 is 1.50 bits per heavy atom. The average Bonchev–Trinajstić information content (AvgIpc) is 2.17. The Morgan fingerprint density at radius 2 is 2.14 bits per heavy atom. The lowest BCUT2D eigenvalue weighted by molar-refractivity contribution is 0.0601. The van der Waals surface area contributed by atoms with Crippen molar-refractivity contribution in [3.05, 3.63) is 28.8 Å². The van der Waals surface area contributed by atoms with Gasteiger partial charge >= 0.3 is 13.1 Å². The van der Waals surface area contributed by atoms with Crippen molar-refractivity contribution >= 4 is 30.2 Å². The van der Waals surface area contributed by atoms with Crippen LogP contribution in [0.3, 0.4) is 0 Å². The molecule has 2 N–H and O–H groups in total. The average molecular weight is 214 g/mol. The van der Waals surface area contributed by atoms with Crippen LogP contribution in [0.5, 0.6) is 0 Å². The highest BCUT2D eigenvalue weighted by atomic mass is 35.5. The van der Waals surface area contributed by atoms with Gasteiger partial charge in [0, 0.05) is 10.5 Å². The first-order valence-corrected chi connectivity index (χ1v) is 4.18. The van der Waals surface area contributed by atoms with Gasteiger partial charge in [0.2, 0.25) is 0 Å². The number of hydrogen-bond acceptors (Lipinski definition) is 4. The smallest absolute Gasteiger partial charge is 0.465 e. The summed E-state index contributed by atoms with van der Waals surface area (Å²) in [6, 6.07) is 4.13. The van der Waals surface area contributed by atoms with Crippen molar-refractivity contribution in [2.75, 3.05) is 7.11 Å². The van der Waals surface area contributed by atoms with E-state index in [-0.39, 0.29) is 16.0 Å². The van der Waals surface area contributed by atoms with E-state index >= 15 is 0 Å². The number of rotatable bonds is 2. The number of benzene rings is 1. The van der Waals surface area contributed by atoms with E-state index in [0.29, 0.717) is 0 Å². The number of hydrogen-bond donors (Lipinski definition) is 2. The van der Waals surface area contributed by atoms with Crippen LogP contribution in [0.4, 0.5) is 0 Å². The molecule has 0 fully saturated rings. The molecule has 0 aliphatic rings. The standard InChI is InChI=1S/C8H8BClO4/c1-14-8(11)5-2-3-7(10)6(4-5)9(12)13/h2-4,12-13H,1H3. The van der Waals surface area contributed by atoms with Gasteiger partial charge in [-0.25, -0.2) is 4.79 Å². The number of halogens is 1. The minimum atomic E-state index is -1.70. The molecule has 74 valence electrons. The van der Waals surface area contributed by atoms with Gasteiger partial charge in [0.25, 0.3) is 0 Å². The van der Waals surface area contributed by atoms with Crippen LogP contribution >= 0.6 is 11.6 Å². The quantitative estimate of drug-likeness (QED) is 0.529. The maximum Gasteiger partial charge on any atom is 0.489 e. The Labute approximate surface area is 86.2 Å². The van der Waals surface area contributed by atoms with E-state index < -0.39 is 13.1 Å². The lowest BCUT2D eigenvalue weighted by atomic mass is 9.79. The van der Waals surface area contributed by atoms with E-state index in [2.05, 4.69) is 4.74 Å². The molecule has 6 heteroatoms. The first-order chi connectivity index (χ1) is 6.56. The molecule has 0 aliphatic carbocycles. The largest absolute Gasteiger partial charge is 0.489 e. The number of methoxy groups -OCH3 is 1. The molecule has 0 saturated heterocycles. The molecule has 1 rings (SSSR count). The molecule has 0 heterocycles. The SMILES string of the molecule is COC(=O)c1ccc(Cl)c(B(O)O)c1. The zero-order valence-corrected chi connectivity index (χ0v) is 8.15. The van der Waals surface area contributed by atoms with Crippen molar-refractivity contribution < 1.29 is 19.6 Å². The van der Waals surface area contributed by atoms with Gasteiger partial charge in [-0.15, -0.1) is 0 Å². The first kappa shape index (κ1) is 11.0. The van der Waals surface area contributed by atoms with E-state index in [1.807, 2.05) is 0 Å². The highest BCUT2D eigenvalue weighted by Gasteiger charge is 2.17. The fourth-order valence-electron chi connectivity index (χ4n) is 0.986. The van der Waals surface area contributed by atoms with Crippen LogP contribution in [0.2, 0.25) is 5.02 Å². The summed E-state index contributed by atoms with van der Waals surface area (Å²) in [4.78, 5) is 11.1. The summed E-state index contributed by atoms with van der Waals surface area (Å²) in [5.74, 6) is -0.552. The fraction of sp³-hybridized carbons (Fsp3) is 0.125. The van der Waals surface area contributed by atoms with Gasteiger partial charge in [0.15, 0.2) is 0 Å². The van der Waals surface area contributed by atoms with Gasteiger partial charge in [0.1, 0.15) is 0 Å². The summed E-state index contributed by atoms with van der Waals surface area (Å²) in [6.45, 7) is 0. The number of carbonyl (C=O) groups is 1. The van der Waals surface area contributed by atoms with Crippen LogP contribution in [-0.4, -0.2) is 30.2 Å². The number of esters is 1. The molecular weight excluding hydrogens is 206 g/mol. The molecule has 0 saturated carbocycles. The predicted octanol–water partition coefficient (Wildman–Crippen LogP) is -0.194. The molecule has 0 aromatic heterocycles. The van der Waals surface area contributed by atoms with Crippen molar-refractivity contribution in [3.8, 4) is 0 Å². The second kappa shape index (κ2) is 4.46. The van der Waals surface area contributed by atoms with Crippen LogP contribution in [0.15, 0.2) is 18.2 Å². The lowest BCUT2D eigenvalue weighted by Gasteiger charge is -2.05. The van der Waals surface area contributed by atoms with E-state index in [1.54, 1.807) is 0 Å². The van der Waals surface area contributed by atoms with Crippen LogP contribution in [0.1, 0.15) is 10.4 Å². The zero-order chi connectivity index (χ0) is 10.7. The van der Waals surface area contributed by atoms with Gasteiger partial charge in [-0.2, -0.15) is 0 Å². The third kappa shape index (κ3) is 2.26. The molecule has 0 amide bonds. The van der Waals surface area contributed by atoms with E-state index in [4.69, 9.17) is 21.6 Å². The minimum Gasteiger partial charge on any atom is -0.465 e. The van der Waals surface area contributed by atoms with Crippen molar-refractivity contribution in [3.63, 3.8) is 0 Å². The van der Waals surface area contributed by atoms with Crippen LogP contribution in [0, 0.1) is 0 Å². The van der Waals surface area contributed by atoms with Gasteiger partial charge in [-0.3, -0.25) is 0 Å². The highest BCUT2D eigenvalue weighted by molar-refractivity contribution is 6.62. The molecule has 4 nitrogen and oxygen atoms in total. The van der Waals surface area contributed by atoms with Crippen LogP contribution in [-0.2, 0) is 4.74 Å². The van der Waals surface area contributed by atoms with Gasteiger partial charge in [-0.1, -0.05) is 11.6 Å². The van der Waals surface area contributed by atoms with Crippen LogP contribution in [0.25, 0.3) is 0 Å². The van der Waals surface area contributed by atoms with Gasteiger partial charge < -0.3 is 14.8 Å². The first-order valence-electron chi connectivity index (χ1n) is 3.80. The monoisotopic (exact) mass is 214 g/mol. The summed E-state index contributed by atoms with van der Waals surface area (Å²) >= 11 is 5.67. The second-order valence-electron chi connectivity index (χ2n) is 2.60. The molecule has 0 bridgehead atoms. The summed E-state index contributed by atoms with van der Waals surface area (Å²) < 4.78 is 4.47. The number of carbonyl (C=O) groups excluding carboxylic acids is 1. The van der Waals surface area contributed by atoms with E-state index in [9.17, 15) is 4.79 Å². The lowest BCUT2D eigenvalue weighted by Crippen LogP contribution is -2.31. The predicted molar refractivity (Wildman–Crippen MR) is 52.6 cm³/mol. The van der Waals surface area contributed by atoms with Crippen LogP contribution < -0.4 is 5.46 Å². The van der Waals surface area contributed by atoms with Crippen molar-refractivity contribution in [2.45, 2.75) is 0 Å². The molecule has 0 aliphatic heterocycles. The van der Waals surface area contributed by atoms with Crippen molar-refractivity contribution in [1.29, 1.82) is 0 Å². The number of ether oxygens (including phenoxy) is 1. The highest BCUT2D eigenvalue weighted by Crippen LogP contribution is 2.08. The maximum atomic E-state index is 11.1. The Balaban J connectivity index is 3.13. The molecule has 14 heavy (non-hydrogen) atoms. The second-order valence-corrected chi connectivity index (χ2v) is 3.01.